The van der Waals surface area contributed by atoms with Crippen molar-refractivity contribution in [2.45, 2.75) is 61.9 Å². The molecular weight excluding hydrogens is 540 g/mol. The number of carbonyl (C=O) groups excluding carboxylic acids is 2. The highest BCUT2D eigenvalue weighted by molar-refractivity contribution is 8.01. The summed E-state index contributed by atoms with van der Waals surface area (Å²) in [5.41, 5.74) is 6.95. The number of ketones is 1. The minimum absolute atomic E-state index is 0.00654. The number of hydrogen-bond acceptors (Lipinski definition) is 7. The Hall–Kier alpha value is -3.22. The van der Waals surface area contributed by atoms with E-state index in [1.54, 1.807) is 56.3 Å². The number of aliphatic imine (C=N–C) groups is 1. The van der Waals surface area contributed by atoms with E-state index in [0.717, 1.165) is 9.87 Å². The number of amidine groups is 1. The van der Waals surface area contributed by atoms with E-state index < -0.39 is 39.4 Å². The van der Waals surface area contributed by atoms with Crippen molar-refractivity contribution in [3.05, 3.63) is 65.7 Å². The van der Waals surface area contributed by atoms with E-state index in [4.69, 9.17) is 5.73 Å². The molecule has 0 bridgehead atoms. The summed E-state index contributed by atoms with van der Waals surface area (Å²) in [5.74, 6) is -1.11. The molecule has 0 aliphatic carbocycles. The molecule has 2 aromatic carbocycles. The van der Waals surface area contributed by atoms with Gasteiger partial charge in [0.25, 0.3) is 0 Å². The van der Waals surface area contributed by atoms with Crippen LogP contribution in [0, 0.1) is 0 Å². The van der Waals surface area contributed by atoms with E-state index in [1.807, 2.05) is 0 Å². The van der Waals surface area contributed by atoms with Crippen molar-refractivity contribution < 1.29 is 27.9 Å². The van der Waals surface area contributed by atoms with Gasteiger partial charge in [0.15, 0.2) is 0 Å². The lowest BCUT2D eigenvalue weighted by Gasteiger charge is -2.27. The van der Waals surface area contributed by atoms with Crippen LogP contribution in [-0.2, 0) is 37.2 Å². The number of amides is 1. The third-order valence-corrected chi connectivity index (χ3v) is 9.58. The Morgan fingerprint density at radius 2 is 1.77 bits per heavy atom. The summed E-state index contributed by atoms with van der Waals surface area (Å²) < 4.78 is 27.7. The van der Waals surface area contributed by atoms with Crippen molar-refractivity contribution in [1.29, 1.82) is 0 Å². The summed E-state index contributed by atoms with van der Waals surface area (Å²) in [4.78, 5) is 41.5. The first-order valence-corrected chi connectivity index (χ1v) is 15.1. The molecule has 2 aromatic rings. The lowest BCUT2D eigenvalue weighted by Crippen LogP contribution is -2.53. The van der Waals surface area contributed by atoms with Gasteiger partial charge in [0.1, 0.15) is 17.9 Å². The molecule has 1 fully saturated rings. The summed E-state index contributed by atoms with van der Waals surface area (Å²) in [7, 11) is -3.96. The van der Waals surface area contributed by atoms with Crippen molar-refractivity contribution in [2.75, 3.05) is 12.3 Å². The van der Waals surface area contributed by atoms with Crippen molar-refractivity contribution in [1.82, 2.24) is 9.62 Å². The topological polar surface area (TPSA) is 159 Å². The van der Waals surface area contributed by atoms with Gasteiger partial charge in [-0.2, -0.15) is 4.31 Å². The first kappa shape index (κ1) is 30.3. The minimum Gasteiger partial charge on any atom is -0.480 e. The first-order chi connectivity index (χ1) is 18.5. The molecule has 10 nitrogen and oxygen atoms in total. The average molecular weight is 575 g/mol. The molecule has 39 heavy (non-hydrogen) atoms. The van der Waals surface area contributed by atoms with Crippen molar-refractivity contribution in [2.24, 2.45) is 10.7 Å². The maximum atomic E-state index is 13.3. The number of rotatable bonds is 13. The number of hydrogen-bond donors (Lipinski definition) is 3. The number of Topliss-reactive ketones (excluding diaryl/α,β-unsaturated/α-hetero) is 1. The Kier molecular flexibility index (Phi) is 10.7. The molecule has 0 radical (unpaired) electrons. The van der Waals surface area contributed by atoms with Crippen molar-refractivity contribution in [3.8, 4) is 0 Å². The Labute approximate surface area is 233 Å². The molecule has 0 saturated carbocycles. The van der Waals surface area contributed by atoms with Gasteiger partial charge in [-0.15, -0.1) is 11.8 Å². The number of thioether (sulfide) groups is 1. The number of carboxylic acids is 1. The van der Waals surface area contributed by atoms with Crippen LogP contribution in [0.5, 0.6) is 0 Å². The van der Waals surface area contributed by atoms with Gasteiger partial charge < -0.3 is 16.2 Å². The Morgan fingerprint density at radius 1 is 1.13 bits per heavy atom. The van der Waals surface area contributed by atoms with Crippen molar-refractivity contribution >= 4 is 45.3 Å². The summed E-state index contributed by atoms with van der Waals surface area (Å²) in [6, 6.07) is 12.5. The zero-order chi connectivity index (χ0) is 28.6. The van der Waals surface area contributed by atoms with Gasteiger partial charge >= 0.3 is 5.97 Å². The second kappa shape index (κ2) is 13.7. The molecule has 210 valence electrons. The van der Waals surface area contributed by atoms with E-state index in [1.165, 1.54) is 23.9 Å². The molecule has 12 heteroatoms. The van der Waals surface area contributed by atoms with E-state index in [2.05, 4.69) is 10.3 Å². The number of nitrogens with two attached hydrogens (primary N) is 1. The number of nitrogens with zero attached hydrogens (tertiary/aromatic N) is 2. The highest BCUT2D eigenvalue weighted by Crippen LogP contribution is 2.34. The lowest BCUT2D eigenvalue weighted by atomic mass is 10.0. The molecule has 3 rings (SSSR count). The monoisotopic (exact) mass is 574 g/mol. The van der Waals surface area contributed by atoms with Crippen LogP contribution < -0.4 is 11.1 Å². The van der Waals surface area contributed by atoms with Crippen LogP contribution in [0.25, 0.3) is 0 Å². The Bertz CT molecular complexity index is 1300. The van der Waals surface area contributed by atoms with Gasteiger partial charge in [0.05, 0.1) is 16.1 Å². The van der Waals surface area contributed by atoms with Gasteiger partial charge in [0.2, 0.25) is 15.9 Å². The highest BCUT2D eigenvalue weighted by Gasteiger charge is 2.45. The first-order valence-electron chi connectivity index (χ1n) is 12.6. The van der Waals surface area contributed by atoms with E-state index in [-0.39, 0.29) is 29.3 Å². The normalized spacial score (nSPS) is 19.0. The van der Waals surface area contributed by atoms with Crippen LogP contribution in [0.4, 0.5) is 0 Å². The van der Waals surface area contributed by atoms with E-state index in [0.29, 0.717) is 30.8 Å². The van der Waals surface area contributed by atoms with Crippen molar-refractivity contribution in [3.63, 3.8) is 0 Å². The number of aliphatic carboxylic acids is 1. The van der Waals surface area contributed by atoms with Crippen LogP contribution in [0.2, 0.25) is 0 Å². The summed E-state index contributed by atoms with van der Waals surface area (Å²) in [5, 5.41) is 11.8. The van der Waals surface area contributed by atoms with E-state index in [9.17, 15) is 27.9 Å². The number of carbonyl (C=O) groups is 3. The molecule has 1 amide bonds. The SMILES string of the molecule is CC(N)=NCCCC(=O)Cc1ccc(C[C@H](NC(=O)[C@@H]2CSC(C)N2S(=O)(=O)c2ccccc2)C(=O)O)cc1. The van der Waals surface area contributed by atoms with Crippen LogP contribution >= 0.6 is 11.8 Å². The van der Waals surface area contributed by atoms with Gasteiger partial charge in [0, 0.05) is 31.6 Å². The zero-order valence-corrected chi connectivity index (χ0v) is 23.6. The lowest BCUT2D eigenvalue weighted by molar-refractivity contribution is -0.142. The van der Waals surface area contributed by atoms with Gasteiger partial charge in [-0.1, -0.05) is 42.5 Å². The smallest absolute Gasteiger partial charge is 0.326 e. The fourth-order valence-electron chi connectivity index (χ4n) is 4.24. The van der Waals surface area contributed by atoms with Crippen LogP contribution in [-0.4, -0.2) is 71.1 Å². The molecule has 4 N–H and O–H groups in total. The van der Waals surface area contributed by atoms with Gasteiger partial charge in [-0.25, -0.2) is 13.2 Å². The standard InChI is InChI=1S/C27H34N4O6S2/c1-18(28)29-14-6-7-22(32)15-20-10-12-21(13-11-20)16-24(27(34)35)30-26(33)25-17-38-19(2)31(25)39(36,37)23-8-4-3-5-9-23/h3-5,8-13,19,24-25H,6-7,14-17H2,1-2H3,(H2,28,29)(H,30,33)(H,34,35)/t19?,24-,25-/m0/s1. The number of carboxylic acid groups (broad SMARTS) is 1. The number of sulfonamides is 1. The van der Waals surface area contributed by atoms with Crippen LogP contribution in [0.3, 0.4) is 0 Å². The highest BCUT2D eigenvalue weighted by atomic mass is 32.2. The van der Waals surface area contributed by atoms with Gasteiger partial charge in [-0.05, 0) is 43.5 Å². The van der Waals surface area contributed by atoms with Crippen LogP contribution in [0.1, 0.15) is 37.8 Å². The maximum absolute atomic E-state index is 13.3. The Morgan fingerprint density at radius 3 is 2.38 bits per heavy atom. The molecule has 1 unspecified atom stereocenters. The molecular formula is C27H34N4O6S2. The second-order valence-electron chi connectivity index (χ2n) is 9.36. The maximum Gasteiger partial charge on any atom is 0.326 e. The fourth-order valence-corrected chi connectivity index (χ4v) is 7.57. The third-order valence-electron chi connectivity index (χ3n) is 6.24. The molecule has 1 aliphatic rings. The summed E-state index contributed by atoms with van der Waals surface area (Å²) in [6.45, 7) is 3.90. The zero-order valence-electron chi connectivity index (χ0n) is 21.9. The second-order valence-corrected chi connectivity index (χ2v) is 12.6. The molecule has 1 heterocycles. The Balaban J connectivity index is 1.62. The largest absolute Gasteiger partial charge is 0.480 e. The summed E-state index contributed by atoms with van der Waals surface area (Å²) >= 11 is 1.32. The summed E-state index contributed by atoms with van der Waals surface area (Å²) in [6.07, 6.45) is 1.27. The van der Waals surface area contributed by atoms with Gasteiger partial charge in [-0.3, -0.25) is 14.6 Å². The molecule has 0 aromatic heterocycles. The number of nitrogens with one attached hydrogen (secondary N) is 1. The molecule has 0 spiro atoms. The fraction of sp³-hybridized carbons (Fsp3) is 0.407. The number of benzene rings is 2. The van der Waals surface area contributed by atoms with E-state index >= 15 is 0 Å². The quantitative estimate of drug-likeness (QED) is 0.187. The average Bonchev–Trinajstić information content (AvgIpc) is 3.30. The minimum atomic E-state index is -3.96. The predicted octanol–water partition coefficient (Wildman–Crippen LogP) is 2.22. The molecule has 3 atom stereocenters. The molecule has 1 aliphatic heterocycles. The van der Waals surface area contributed by atoms with Crippen LogP contribution in [0.15, 0.2) is 64.5 Å². The molecule has 1 saturated heterocycles. The predicted molar refractivity (Wildman–Crippen MR) is 151 cm³/mol. The third kappa shape index (κ3) is 8.38.